The zero-order valence-electron chi connectivity index (χ0n) is 14.7. The van der Waals surface area contributed by atoms with Gasteiger partial charge in [0.05, 0.1) is 19.3 Å². The van der Waals surface area contributed by atoms with Gasteiger partial charge in [-0.1, -0.05) is 18.2 Å². The number of hydrogen-bond acceptors (Lipinski definition) is 4. The summed E-state index contributed by atoms with van der Waals surface area (Å²) in [7, 11) is 1.75. The Labute approximate surface area is 161 Å². The number of rotatable bonds is 4. The van der Waals surface area contributed by atoms with Crippen molar-refractivity contribution >= 4 is 32.9 Å². The maximum absolute atomic E-state index is 12.2. The van der Waals surface area contributed by atoms with E-state index in [1.54, 1.807) is 23.9 Å². The maximum atomic E-state index is 12.2. The Hall–Kier alpha value is -1.89. The second-order valence-electron chi connectivity index (χ2n) is 6.86. The van der Waals surface area contributed by atoms with Gasteiger partial charge < -0.3 is 14.6 Å². The molecule has 2 aromatic rings. The fourth-order valence-corrected chi connectivity index (χ4v) is 3.93. The van der Waals surface area contributed by atoms with Crippen molar-refractivity contribution < 1.29 is 4.74 Å². The first kappa shape index (κ1) is 17.5. The van der Waals surface area contributed by atoms with Gasteiger partial charge in [0.2, 0.25) is 0 Å². The molecular weight excluding hydrogens is 394 g/mol. The third kappa shape index (κ3) is 3.63. The number of hydrogen-bond donors (Lipinski definition) is 1. The van der Waals surface area contributed by atoms with E-state index in [9.17, 15) is 4.79 Å². The van der Waals surface area contributed by atoms with Crippen LogP contribution in [-0.4, -0.2) is 41.8 Å². The smallest absolute Gasteiger partial charge is 0.274 e. The van der Waals surface area contributed by atoms with E-state index in [1.807, 2.05) is 12.1 Å². The van der Waals surface area contributed by atoms with Gasteiger partial charge in [-0.15, -0.1) is 0 Å². The van der Waals surface area contributed by atoms with Gasteiger partial charge in [0, 0.05) is 36.5 Å². The van der Waals surface area contributed by atoms with Crippen LogP contribution in [-0.2, 0) is 11.8 Å². The molecule has 2 aliphatic heterocycles. The van der Waals surface area contributed by atoms with Crippen molar-refractivity contribution in [3.05, 3.63) is 63.0 Å². The summed E-state index contributed by atoms with van der Waals surface area (Å²) in [5.74, 6) is 0. The van der Waals surface area contributed by atoms with Crippen molar-refractivity contribution in [3.63, 3.8) is 0 Å². The van der Waals surface area contributed by atoms with Crippen LogP contribution in [0.25, 0.3) is 5.57 Å². The van der Waals surface area contributed by atoms with E-state index in [-0.39, 0.29) is 5.56 Å². The number of ether oxygens (including phenoxy) is 1. The Morgan fingerprint density at radius 1 is 1.23 bits per heavy atom. The molecule has 1 aromatic carbocycles. The third-order valence-electron chi connectivity index (χ3n) is 5.06. The van der Waals surface area contributed by atoms with Crippen LogP contribution in [0.1, 0.15) is 12.0 Å². The number of aromatic nitrogens is 1. The van der Waals surface area contributed by atoms with Crippen molar-refractivity contribution in [1.29, 1.82) is 0 Å². The standard InChI is InChI=1S/C20H22BrN3O2/c1-23-11-16(21)10-19(20(23)25)22-17-4-2-14(3-5-17)15-6-8-24(9-7-15)18-12-26-13-18/h2-6,10-11,18,22H,7-9,12-13H2,1H3. The van der Waals surface area contributed by atoms with Crippen LogP contribution in [0.3, 0.4) is 0 Å². The van der Waals surface area contributed by atoms with Gasteiger partial charge in [0.15, 0.2) is 0 Å². The maximum Gasteiger partial charge on any atom is 0.274 e. The highest BCUT2D eigenvalue weighted by atomic mass is 79.9. The van der Waals surface area contributed by atoms with Crippen LogP contribution >= 0.6 is 15.9 Å². The van der Waals surface area contributed by atoms with Crippen LogP contribution in [0.2, 0.25) is 0 Å². The van der Waals surface area contributed by atoms with Gasteiger partial charge in [-0.05, 0) is 51.7 Å². The van der Waals surface area contributed by atoms with Crippen molar-refractivity contribution in [2.24, 2.45) is 7.05 Å². The molecule has 1 saturated heterocycles. The zero-order chi connectivity index (χ0) is 18.1. The first-order valence-electron chi connectivity index (χ1n) is 8.84. The van der Waals surface area contributed by atoms with Crippen molar-refractivity contribution in [1.82, 2.24) is 9.47 Å². The van der Waals surface area contributed by atoms with Gasteiger partial charge in [-0.3, -0.25) is 9.69 Å². The molecule has 6 heteroatoms. The SMILES string of the molecule is Cn1cc(Br)cc(Nc2ccc(C3=CCN(C4COC4)CC3)cc2)c1=O. The van der Waals surface area contributed by atoms with Crippen LogP contribution in [0.5, 0.6) is 0 Å². The third-order valence-corrected chi connectivity index (χ3v) is 5.50. The van der Waals surface area contributed by atoms with E-state index in [0.717, 1.165) is 42.9 Å². The minimum Gasteiger partial charge on any atom is -0.378 e. The van der Waals surface area contributed by atoms with Crippen molar-refractivity contribution in [3.8, 4) is 0 Å². The molecule has 136 valence electrons. The monoisotopic (exact) mass is 415 g/mol. The van der Waals surface area contributed by atoms with Crippen molar-refractivity contribution in [2.45, 2.75) is 12.5 Å². The minimum absolute atomic E-state index is 0.0488. The molecule has 0 radical (unpaired) electrons. The van der Waals surface area contributed by atoms with E-state index in [0.29, 0.717) is 11.7 Å². The molecule has 0 unspecified atom stereocenters. The van der Waals surface area contributed by atoms with Gasteiger partial charge >= 0.3 is 0 Å². The second kappa shape index (κ2) is 7.39. The molecule has 1 N–H and O–H groups in total. The van der Waals surface area contributed by atoms with Gasteiger partial charge in [-0.2, -0.15) is 0 Å². The number of pyridine rings is 1. The topological polar surface area (TPSA) is 46.5 Å². The normalized spacial score (nSPS) is 18.3. The van der Waals surface area contributed by atoms with Gasteiger partial charge in [-0.25, -0.2) is 0 Å². The largest absolute Gasteiger partial charge is 0.378 e. The van der Waals surface area contributed by atoms with Crippen LogP contribution in [0.4, 0.5) is 11.4 Å². The molecular formula is C20H22BrN3O2. The predicted molar refractivity (Wildman–Crippen MR) is 108 cm³/mol. The quantitative estimate of drug-likeness (QED) is 0.831. The lowest BCUT2D eigenvalue weighted by molar-refractivity contribution is -0.0612. The minimum atomic E-state index is -0.0488. The Bertz CT molecular complexity index is 885. The first-order valence-corrected chi connectivity index (χ1v) is 9.64. The summed E-state index contributed by atoms with van der Waals surface area (Å²) in [5, 5.41) is 3.22. The molecule has 1 fully saturated rings. The summed E-state index contributed by atoms with van der Waals surface area (Å²) < 4.78 is 7.72. The molecule has 4 rings (SSSR count). The Balaban J connectivity index is 1.46. The average Bonchev–Trinajstić information content (AvgIpc) is 2.59. The van der Waals surface area contributed by atoms with Gasteiger partial charge in [0.25, 0.3) is 5.56 Å². The summed E-state index contributed by atoms with van der Waals surface area (Å²) in [5.41, 5.74) is 4.07. The number of nitrogens with one attached hydrogen (secondary N) is 1. The lowest BCUT2D eigenvalue weighted by atomic mass is 9.98. The fraction of sp³-hybridized carbons (Fsp3) is 0.350. The number of anilines is 2. The molecule has 3 heterocycles. The number of nitrogens with zero attached hydrogens (tertiary/aromatic N) is 2. The zero-order valence-corrected chi connectivity index (χ0v) is 16.3. The molecule has 0 bridgehead atoms. The molecule has 0 aliphatic carbocycles. The lowest BCUT2D eigenvalue weighted by Gasteiger charge is -2.38. The predicted octanol–water partition coefficient (Wildman–Crippen LogP) is 3.38. The molecule has 0 spiro atoms. The molecule has 1 aromatic heterocycles. The number of benzene rings is 1. The number of halogens is 1. The van der Waals surface area contributed by atoms with E-state index in [4.69, 9.17) is 4.74 Å². The van der Waals surface area contributed by atoms with Crippen LogP contribution < -0.4 is 10.9 Å². The van der Waals surface area contributed by atoms with Crippen LogP contribution in [0.15, 0.2) is 51.9 Å². The molecule has 5 nitrogen and oxygen atoms in total. The van der Waals surface area contributed by atoms with Gasteiger partial charge in [0.1, 0.15) is 5.69 Å². The highest BCUT2D eigenvalue weighted by molar-refractivity contribution is 9.10. The summed E-state index contributed by atoms with van der Waals surface area (Å²) in [6.45, 7) is 3.84. The molecule has 2 aliphatic rings. The number of aryl methyl sites for hydroxylation is 1. The van der Waals surface area contributed by atoms with E-state index < -0.39 is 0 Å². The second-order valence-corrected chi connectivity index (χ2v) is 7.77. The van der Waals surface area contributed by atoms with E-state index in [1.165, 1.54) is 11.1 Å². The first-order chi connectivity index (χ1) is 12.6. The Kier molecular flexibility index (Phi) is 4.98. The molecule has 0 atom stereocenters. The molecule has 0 amide bonds. The summed E-state index contributed by atoms with van der Waals surface area (Å²) in [4.78, 5) is 14.7. The summed E-state index contributed by atoms with van der Waals surface area (Å²) >= 11 is 3.43. The highest BCUT2D eigenvalue weighted by Gasteiger charge is 2.26. The Morgan fingerprint density at radius 3 is 2.62 bits per heavy atom. The van der Waals surface area contributed by atoms with E-state index in [2.05, 4.69) is 44.4 Å². The lowest BCUT2D eigenvalue weighted by Crippen LogP contribution is -2.50. The average molecular weight is 416 g/mol. The fourth-order valence-electron chi connectivity index (χ4n) is 3.40. The Morgan fingerprint density at radius 2 is 2.00 bits per heavy atom. The van der Waals surface area contributed by atoms with Crippen molar-refractivity contribution in [2.75, 3.05) is 31.6 Å². The summed E-state index contributed by atoms with van der Waals surface area (Å²) in [6, 6.07) is 10.7. The molecule has 26 heavy (non-hydrogen) atoms. The summed E-state index contributed by atoms with van der Waals surface area (Å²) in [6.07, 6.45) is 5.15. The van der Waals surface area contributed by atoms with E-state index >= 15 is 0 Å². The molecule has 0 saturated carbocycles. The highest BCUT2D eigenvalue weighted by Crippen LogP contribution is 2.26. The van der Waals surface area contributed by atoms with Crippen LogP contribution in [0, 0.1) is 0 Å².